The largest absolute Gasteiger partial charge is 0.357 e. The summed E-state index contributed by atoms with van der Waals surface area (Å²) in [6.45, 7) is 7.83. The third kappa shape index (κ3) is 7.85. The third-order valence-corrected chi connectivity index (χ3v) is 6.70. The van der Waals surface area contributed by atoms with Crippen molar-refractivity contribution < 1.29 is 0 Å². The fourth-order valence-electron chi connectivity index (χ4n) is 3.53. The van der Waals surface area contributed by atoms with Crippen molar-refractivity contribution in [2.45, 2.75) is 57.4 Å². The zero-order chi connectivity index (χ0) is 19.7. The number of hydrogen-bond donors (Lipinski definition) is 2. The van der Waals surface area contributed by atoms with Gasteiger partial charge in [0, 0.05) is 36.8 Å². The first-order valence-electron chi connectivity index (χ1n) is 10.4. The lowest BCUT2D eigenvalue weighted by Gasteiger charge is -2.24. The number of nitrogens with zero attached hydrogens (tertiary/aromatic N) is 3. The summed E-state index contributed by atoms with van der Waals surface area (Å²) in [5.74, 6) is 3.17. The minimum atomic E-state index is 0. The summed E-state index contributed by atoms with van der Waals surface area (Å²) in [6.07, 6.45) is 8.72. The highest BCUT2D eigenvalue weighted by molar-refractivity contribution is 14.0. The third-order valence-electron chi connectivity index (χ3n) is 5.16. The number of guanidine groups is 1. The molecule has 1 aliphatic heterocycles. The predicted octanol–water partition coefficient (Wildman–Crippen LogP) is 4.47. The molecule has 7 heteroatoms. The molecular formula is C22H34IN5S. The molecule has 0 bridgehead atoms. The Labute approximate surface area is 196 Å². The van der Waals surface area contributed by atoms with E-state index in [0.29, 0.717) is 11.3 Å². The molecule has 2 heterocycles. The molecule has 29 heavy (non-hydrogen) atoms. The molecule has 1 saturated heterocycles. The number of aliphatic imine (C=N–C) groups is 1. The van der Waals surface area contributed by atoms with E-state index in [9.17, 15) is 0 Å². The molecule has 1 unspecified atom stereocenters. The Morgan fingerprint density at radius 2 is 2.10 bits per heavy atom. The fraction of sp³-hybridized carbons (Fsp3) is 0.545. The molecule has 0 spiro atoms. The number of benzene rings is 1. The quantitative estimate of drug-likeness (QED) is 0.287. The topological polar surface area (TPSA) is 54.2 Å². The van der Waals surface area contributed by atoms with E-state index in [1.807, 2.05) is 6.20 Å². The van der Waals surface area contributed by atoms with Crippen LogP contribution in [0.3, 0.4) is 0 Å². The van der Waals surface area contributed by atoms with E-state index in [1.165, 1.54) is 24.2 Å². The maximum absolute atomic E-state index is 4.78. The molecule has 0 radical (unpaired) electrons. The van der Waals surface area contributed by atoms with E-state index < -0.39 is 0 Å². The van der Waals surface area contributed by atoms with Gasteiger partial charge < -0.3 is 15.2 Å². The highest BCUT2D eigenvalue weighted by atomic mass is 127. The van der Waals surface area contributed by atoms with Gasteiger partial charge in [-0.1, -0.05) is 30.3 Å². The van der Waals surface area contributed by atoms with Crippen LogP contribution in [0.4, 0.5) is 0 Å². The second-order valence-corrected chi connectivity index (χ2v) is 9.26. The van der Waals surface area contributed by atoms with Gasteiger partial charge in [0.25, 0.3) is 0 Å². The summed E-state index contributed by atoms with van der Waals surface area (Å²) in [5, 5.41) is 6.89. The molecule has 1 aromatic heterocycles. The first-order valence-corrected chi connectivity index (χ1v) is 11.4. The van der Waals surface area contributed by atoms with Crippen LogP contribution in [0.2, 0.25) is 0 Å². The molecule has 3 rings (SSSR count). The molecule has 1 atom stereocenters. The maximum Gasteiger partial charge on any atom is 0.191 e. The number of imidazole rings is 1. The molecule has 1 aromatic carbocycles. The first-order chi connectivity index (χ1) is 13.7. The molecule has 0 amide bonds. The fourth-order valence-corrected chi connectivity index (χ4v) is 4.78. The van der Waals surface area contributed by atoms with Gasteiger partial charge in [0.15, 0.2) is 5.96 Å². The normalized spacial score (nSPS) is 19.0. The van der Waals surface area contributed by atoms with Gasteiger partial charge in [-0.2, -0.15) is 11.8 Å². The van der Waals surface area contributed by atoms with Crippen LogP contribution in [0, 0.1) is 0 Å². The van der Waals surface area contributed by atoms with Gasteiger partial charge >= 0.3 is 0 Å². The Morgan fingerprint density at radius 1 is 1.28 bits per heavy atom. The Balaban J connectivity index is 0.00000300. The van der Waals surface area contributed by atoms with Crippen molar-refractivity contribution in [2.24, 2.45) is 4.99 Å². The molecule has 0 aliphatic carbocycles. The average Bonchev–Trinajstić information content (AvgIpc) is 3.34. The number of nitrogens with one attached hydrogen (secondary N) is 2. The van der Waals surface area contributed by atoms with Crippen LogP contribution in [0.5, 0.6) is 0 Å². The SMILES string of the molecule is CCNC(=NCc1nccn1CCCc1ccccc1)NCC1(C)CCCS1.I. The Kier molecular flexibility index (Phi) is 10.3. The molecule has 2 aromatic rings. The summed E-state index contributed by atoms with van der Waals surface area (Å²) < 4.78 is 2.55. The molecule has 1 fully saturated rings. The number of aromatic nitrogens is 2. The van der Waals surface area contributed by atoms with Gasteiger partial charge in [0.1, 0.15) is 12.4 Å². The molecule has 160 valence electrons. The van der Waals surface area contributed by atoms with Gasteiger partial charge in [-0.05, 0) is 50.8 Å². The lowest BCUT2D eigenvalue weighted by molar-refractivity contribution is 0.582. The van der Waals surface area contributed by atoms with Crippen LogP contribution in [-0.2, 0) is 19.5 Å². The summed E-state index contributed by atoms with van der Waals surface area (Å²) >= 11 is 2.07. The van der Waals surface area contributed by atoms with Gasteiger partial charge in [0.05, 0.1) is 0 Å². The molecule has 5 nitrogen and oxygen atoms in total. The number of thioether (sulfide) groups is 1. The van der Waals surface area contributed by atoms with E-state index >= 15 is 0 Å². The van der Waals surface area contributed by atoms with Crippen LogP contribution in [0.15, 0.2) is 47.7 Å². The number of halogens is 1. The Hall–Kier alpha value is -1.22. The van der Waals surface area contributed by atoms with Crippen LogP contribution in [-0.4, -0.2) is 39.1 Å². The van der Waals surface area contributed by atoms with Gasteiger partial charge in [-0.3, -0.25) is 0 Å². The standard InChI is InChI=1S/C22H33N5S.HI/c1-3-23-21(26-18-22(2)12-8-16-28-22)25-17-20-24-13-15-27(20)14-7-11-19-9-5-4-6-10-19;/h4-6,9-10,13,15H,3,7-8,11-12,14,16-18H2,1-2H3,(H2,23,25,26);1H. The van der Waals surface area contributed by atoms with Crippen molar-refractivity contribution in [3.05, 3.63) is 54.1 Å². The van der Waals surface area contributed by atoms with Crippen LogP contribution in [0.1, 0.15) is 44.5 Å². The highest BCUT2D eigenvalue weighted by Gasteiger charge is 2.29. The predicted molar refractivity (Wildman–Crippen MR) is 135 cm³/mol. The van der Waals surface area contributed by atoms with E-state index in [0.717, 1.165) is 44.3 Å². The molecule has 0 saturated carbocycles. The summed E-state index contributed by atoms with van der Waals surface area (Å²) in [7, 11) is 0. The number of aryl methyl sites for hydroxylation is 2. The zero-order valence-corrected chi connectivity index (χ0v) is 20.7. The van der Waals surface area contributed by atoms with Crippen molar-refractivity contribution in [3.63, 3.8) is 0 Å². The summed E-state index contributed by atoms with van der Waals surface area (Å²) in [6, 6.07) is 10.7. The van der Waals surface area contributed by atoms with E-state index in [4.69, 9.17) is 4.99 Å². The molecule has 2 N–H and O–H groups in total. The number of rotatable bonds is 9. The minimum Gasteiger partial charge on any atom is -0.357 e. The van der Waals surface area contributed by atoms with Crippen LogP contribution >= 0.6 is 35.7 Å². The van der Waals surface area contributed by atoms with Crippen molar-refractivity contribution in [2.75, 3.05) is 18.8 Å². The van der Waals surface area contributed by atoms with Gasteiger partial charge in [-0.15, -0.1) is 24.0 Å². The minimum absolute atomic E-state index is 0. The second-order valence-electron chi connectivity index (χ2n) is 7.58. The molecular weight excluding hydrogens is 493 g/mol. The molecule has 1 aliphatic rings. The first kappa shape index (κ1) is 24.1. The lowest BCUT2D eigenvalue weighted by Crippen LogP contribution is -2.43. The van der Waals surface area contributed by atoms with Crippen molar-refractivity contribution in [3.8, 4) is 0 Å². The average molecular weight is 528 g/mol. The van der Waals surface area contributed by atoms with Gasteiger partial charge in [-0.25, -0.2) is 9.98 Å². The van der Waals surface area contributed by atoms with Crippen molar-refractivity contribution in [1.82, 2.24) is 20.2 Å². The Bertz CT molecular complexity index is 741. The van der Waals surface area contributed by atoms with E-state index in [-0.39, 0.29) is 24.0 Å². The zero-order valence-electron chi connectivity index (χ0n) is 17.6. The van der Waals surface area contributed by atoms with E-state index in [2.05, 4.69) is 82.3 Å². The van der Waals surface area contributed by atoms with E-state index in [1.54, 1.807) is 0 Å². The van der Waals surface area contributed by atoms with Crippen LogP contribution in [0.25, 0.3) is 0 Å². The maximum atomic E-state index is 4.78. The Morgan fingerprint density at radius 3 is 2.83 bits per heavy atom. The lowest BCUT2D eigenvalue weighted by atomic mass is 10.1. The van der Waals surface area contributed by atoms with Crippen molar-refractivity contribution >= 4 is 41.7 Å². The summed E-state index contributed by atoms with van der Waals surface area (Å²) in [5.41, 5.74) is 1.39. The van der Waals surface area contributed by atoms with Crippen molar-refractivity contribution in [1.29, 1.82) is 0 Å². The van der Waals surface area contributed by atoms with Gasteiger partial charge in [0.2, 0.25) is 0 Å². The van der Waals surface area contributed by atoms with Crippen LogP contribution < -0.4 is 10.6 Å². The summed E-state index contributed by atoms with van der Waals surface area (Å²) in [4.78, 5) is 9.30. The second kappa shape index (κ2) is 12.5. The number of hydrogen-bond acceptors (Lipinski definition) is 3. The highest BCUT2D eigenvalue weighted by Crippen LogP contribution is 2.36. The smallest absolute Gasteiger partial charge is 0.191 e. The monoisotopic (exact) mass is 527 g/mol.